The highest BCUT2D eigenvalue weighted by Gasteiger charge is 2.28. The van der Waals surface area contributed by atoms with Crippen molar-refractivity contribution in [2.45, 2.75) is 25.9 Å². The van der Waals surface area contributed by atoms with E-state index in [0.717, 1.165) is 11.3 Å². The SMILES string of the molecule is CCOC[C@@H]1CN(C(=O)Cc2csc3ccccc23)Cc2cncn21. The maximum atomic E-state index is 12.9. The van der Waals surface area contributed by atoms with Crippen LogP contribution in [0, 0.1) is 0 Å². The zero-order valence-electron chi connectivity index (χ0n) is 14.2. The minimum Gasteiger partial charge on any atom is -0.380 e. The Bertz CT molecular complexity index is 886. The van der Waals surface area contributed by atoms with Gasteiger partial charge in [-0.15, -0.1) is 11.3 Å². The van der Waals surface area contributed by atoms with E-state index in [0.29, 0.717) is 32.7 Å². The van der Waals surface area contributed by atoms with Crippen LogP contribution in [0.3, 0.4) is 0 Å². The second-order valence-electron chi connectivity index (χ2n) is 6.31. The van der Waals surface area contributed by atoms with Crippen molar-refractivity contribution >= 4 is 27.3 Å². The second kappa shape index (κ2) is 6.98. The Labute approximate surface area is 150 Å². The van der Waals surface area contributed by atoms with Crippen molar-refractivity contribution < 1.29 is 9.53 Å². The molecule has 0 saturated heterocycles. The molecular formula is C19H21N3O2S. The van der Waals surface area contributed by atoms with E-state index in [1.54, 1.807) is 11.3 Å². The molecule has 4 rings (SSSR count). The topological polar surface area (TPSA) is 47.4 Å². The number of imidazole rings is 1. The maximum Gasteiger partial charge on any atom is 0.227 e. The Morgan fingerprint density at radius 2 is 2.28 bits per heavy atom. The molecule has 1 atom stereocenters. The van der Waals surface area contributed by atoms with Gasteiger partial charge >= 0.3 is 0 Å². The summed E-state index contributed by atoms with van der Waals surface area (Å²) in [5.41, 5.74) is 2.19. The van der Waals surface area contributed by atoms with Crippen LogP contribution in [0.25, 0.3) is 10.1 Å². The van der Waals surface area contributed by atoms with E-state index in [4.69, 9.17) is 4.74 Å². The fraction of sp³-hybridized carbons (Fsp3) is 0.368. The normalized spacial score (nSPS) is 17.0. The third kappa shape index (κ3) is 3.19. The summed E-state index contributed by atoms with van der Waals surface area (Å²) in [6.45, 7) is 4.55. The van der Waals surface area contributed by atoms with Gasteiger partial charge in [0.05, 0.1) is 37.6 Å². The lowest BCUT2D eigenvalue weighted by Gasteiger charge is -2.34. The summed E-state index contributed by atoms with van der Waals surface area (Å²) in [5, 5.41) is 3.29. The van der Waals surface area contributed by atoms with Crippen LogP contribution in [-0.4, -0.2) is 40.1 Å². The highest BCUT2D eigenvalue weighted by Crippen LogP contribution is 2.27. The lowest BCUT2D eigenvalue weighted by atomic mass is 10.1. The van der Waals surface area contributed by atoms with E-state index in [1.807, 2.05) is 36.5 Å². The largest absolute Gasteiger partial charge is 0.380 e. The molecule has 1 aliphatic heterocycles. The first-order valence-corrected chi connectivity index (χ1v) is 9.45. The summed E-state index contributed by atoms with van der Waals surface area (Å²) in [5.74, 6) is 0.164. The van der Waals surface area contributed by atoms with Crippen molar-refractivity contribution in [3.05, 3.63) is 53.4 Å². The number of benzene rings is 1. The average molecular weight is 355 g/mol. The van der Waals surface area contributed by atoms with Crippen LogP contribution in [0.1, 0.15) is 24.2 Å². The number of hydrogen-bond donors (Lipinski definition) is 0. The molecule has 2 aromatic heterocycles. The van der Waals surface area contributed by atoms with Gasteiger partial charge in [-0.3, -0.25) is 4.79 Å². The highest BCUT2D eigenvalue weighted by atomic mass is 32.1. The molecule has 0 radical (unpaired) electrons. The molecule has 0 unspecified atom stereocenters. The Morgan fingerprint density at radius 3 is 3.16 bits per heavy atom. The summed E-state index contributed by atoms with van der Waals surface area (Å²) in [6.07, 6.45) is 4.13. The molecule has 130 valence electrons. The van der Waals surface area contributed by atoms with E-state index < -0.39 is 0 Å². The van der Waals surface area contributed by atoms with Gasteiger partial charge < -0.3 is 14.2 Å². The molecule has 0 N–H and O–H groups in total. The van der Waals surface area contributed by atoms with Gasteiger partial charge in [-0.25, -0.2) is 4.98 Å². The molecule has 3 aromatic rings. The average Bonchev–Trinajstić information content (AvgIpc) is 3.26. The number of nitrogens with zero attached hydrogens (tertiary/aromatic N) is 3. The van der Waals surface area contributed by atoms with Crippen LogP contribution in [0.2, 0.25) is 0 Å². The van der Waals surface area contributed by atoms with Gasteiger partial charge in [-0.1, -0.05) is 18.2 Å². The van der Waals surface area contributed by atoms with Crippen LogP contribution in [-0.2, 0) is 22.5 Å². The molecule has 25 heavy (non-hydrogen) atoms. The maximum absolute atomic E-state index is 12.9. The van der Waals surface area contributed by atoms with Gasteiger partial charge in [0.2, 0.25) is 5.91 Å². The van der Waals surface area contributed by atoms with E-state index in [2.05, 4.69) is 27.1 Å². The number of carbonyl (C=O) groups is 1. The third-order valence-corrected chi connectivity index (χ3v) is 5.71. The number of ether oxygens (including phenoxy) is 1. The quantitative estimate of drug-likeness (QED) is 0.706. The summed E-state index contributed by atoms with van der Waals surface area (Å²) < 4.78 is 8.98. The monoisotopic (exact) mass is 355 g/mol. The van der Waals surface area contributed by atoms with E-state index >= 15 is 0 Å². The van der Waals surface area contributed by atoms with Crippen molar-refractivity contribution in [1.82, 2.24) is 14.5 Å². The van der Waals surface area contributed by atoms with E-state index in [-0.39, 0.29) is 11.9 Å². The molecule has 0 aliphatic carbocycles. The Kier molecular flexibility index (Phi) is 4.55. The van der Waals surface area contributed by atoms with Gasteiger partial charge in [0.1, 0.15) is 0 Å². The van der Waals surface area contributed by atoms with E-state index in [9.17, 15) is 4.79 Å². The van der Waals surface area contributed by atoms with E-state index in [1.165, 1.54) is 10.1 Å². The number of rotatable bonds is 5. The Balaban J connectivity index is 1.52. The van der Waals surface area contributed by atoms with Crippen molar-refractivity contribution in [2.75, 3.05) is 19.8 Å². The van der Waals surface area contributed by atoms with Gasteiger partial charge in [0, 0.05) is 24.0 Å². The molecule has 1 aromatic carbocycles. The van der Waals surface area contributed by atoms with Crippen molar-refractivity contribution in [3.8, 4) is 0 Å². The number of fused-ring (bicyclic) bond motifs is 2. The fourth-order valence-electron chi connectivity index (χ4n) is 3.41. The van der Waals surface area contributed by atoms with Gasteiger partial charge in [0.25, 0.3) is 0 Å². The Morgan fingerprint density at radius 1 is 1.40 bits per heavy atom. The van der Waals surface area contributed by atoms with Crippen molar-refractivity contribution in [1.29, 1.82) is 0 Å². The lowest BCUT2D eigenvalue weighted by molar-refractivity contribution is -0.132. The number of carbonyl (C=O) groups excluding carboxylic acids is 1. The molecule has 1 aliphatic rings. The molecule has 0 fully saturated rings. The standard InChI is InChI=1S/C19H21N3O2S/c1-2-24-11-16-10-21(9-15-8-20-13-22(15)16)19(23)7-14-12-25-18-6-4-3-5-17(14)18/h3-6,8,12-13,16H,2,7,9-11H2,1H3/t16-/m0/s1. The zero-order chi connectivity index (χ0) is 17.2. The zero-order valence-corrected chi connectivity index (χ0v) is 15.0. The molecule has 0 saturated carbocycles. The lowest BCUT2D eigenvalue weighted by Crippen LogP contribution is -2.42. The first-order chi connectivity index (χ1) is 12.3. The second-order valence-corrected chi connectivity index (χ2v) is 7.22. The summed E-state index contributed by atoms with van der Waals surface area (Å²) in [6, 6.07) is 8.40. The summed E-state index contributed by atoms with van der Waals surface area (Å²) in [7, 11) is 0. The predicted octanol–water partition coefficient (Wildman–Crippen LogP) is 3.26. The fourth-order valence-corrected chi connectivity index (χ4v) is 4.37. The minimum absolute atomic E-state index is 0.134. The van der Waals surface area contributed by atoms with Crippen molar-refractivity contribution in [3.63, 3.8) is 0 Å². The molecular weight excluding hydrogens is 334 g/mol. The first-order valence-electron chi connectivity index (χ1n) is 8.57. The van der Waals surface area contributed by atoms with Crippen LogP contribution in [0.5, 0.6) is 0 Å². The summed E-state index contributed by atoms with van der Waals surface area (Å²) in [4.78, 5) is 19.1. The third-order valence-electron chi connectivity index (χ3n) is 4.69. The van der Waals surface area contributed by atoms with Gasteiger partial charge in [0.15, 0.2) is 0 Å². The summed E-state index contributed by atoms with van der Waals surface area (Å²) >= 11 is 1.70. The predicted molar refractivity (Wildman–Crippen MR) is 98.7 cm³/mol. The van der Waals surface area contributed by atoms with Crippen LogP contribution in [0.4, 0.5) is 0 Å². The molecule has 6 heteroatoms. The van der Waals surface area contributed by atoms with Crippen LogP contribution < -0.4 is 0 Å². The minimum atomic E-state index is 0.134. The number of hydrogen-bond acceptors (Lipinski definition) is 4. The number of amides is 1. The molecule has 3 heterocycles. The molecule has 0 bridgehead atoms. The van der Waals surface area contributed by atoms with Crippen LogP contribution >= 0.6 is 11.3 Å². The first kappa shape index (κ1) is 16.3. The number of aromatic nitrogens is 2. The van der Waals surface area contributed by atoms with Gasteiger partial charge in [-0.05, 0) is 29.3 Å². The Hall–Kier alpha value is -2.18. The molecule has 0 spiro atoms. The molecule has 1 amide bonds. The van der Waals surface area contributed by atoms with Crippen molar-refractivity contribution in [2.24, 2.45) is 0 Å². The number of thiophene rings is 1. The smallest absolute Gasteiger partial charge is 0.227 e. The highest BCUT2D eigenvalue weighted by molar-refractivity contribution is 7.17. The van der Waals surface area contributed by atoms with Crippen LogP contribution in [0.15, 0.2) is 42.2 Å². The molecule has 5 nitrogen and oxygen atoms in total. The van der Waals surface area contributed by atoms with Gasteiger partial charge in [-0.2, -0.15) is 0 Å².